The first-order valence-electron chi connectivity index (χ1n) is 10.1. The van der Waals surface area contributed by atoms with Crippen LogP contribution in [0, 0.1) is 11.8 Å². The molecule has 0 radical (unpaired) electrons. The number of anilines is 1. The Morgan fingerprint density at radius 2 is 1.96 bits per heavy atom. The van der Waals surface area contributed by atoms with E-state index in [1.54, 1.807) is 11.3 Å². The van der Waals surface area contributed by atoms with Gasteiger partial charge >= 0.3 is 0 Å². The van der Waals surface area contributed by atoms with Crippen LogP contribution in [0.5, 0.6) is 0 Å². The second-order valence-electron chi connectivity index (χ2n) is 8.80. The first-order chi connectivity index (χ1) is 12.4. The average molecular weight is 373 g/mol. The SMILES string of the molecule is CCCCC1CCC(C(=O)Nc2nc3ccc(C(C)(C)C)cc3s2)CC1. The van der Waals surface area contributed by atoms with Gasteiger partial charge in [0.25, 0.3) is 0 Å². The molecular weight excluding hydrogens is 340 g/mol. The smallest absolute Gasteiger partial charge is 0.229 e. The fourth-order valence-corrected chi connectivity index (χ4v) is 4.77. The molecule has 1 aromatic heterocycles. The molecule has 1 fully saturated rings. The van der Waals surface area contributed by atoms with Crippen LogP contribution in [0.2, 0.25) is 0 Å². The van der Waals surface area contributed by atoms with E-state index < -0.39 is 0 Å². The van der Waals surface area contributed by atoms with Gasteiger partial charge in [0.1, 0.15) is 0 Å². The van der Waals surface area contributed by atoms with Crippen LogP contribution in [-0.4, -0.2) is 10.9 Å². The highest BCUT2D eigenvalue weighted by molar-refractivity contribution is 7.22. The standard InChI is InChI=1S/C22H32N2OS/c1-5-6-7-15-8-10-16(11-9-15)20(25)24-21-23-18-13-12-17(22(2,3)4)14-19(18)26-21/h12-16H,5-11H2,1-4H3,(H,23,24,25). The molecule has 1 saturated carbocycles. The van der Waals surface area contributed by atoms with Crippen molar-refractivity contribution in [2.45, 2.75) is 78.1 Å². The van der Waals surface area contributed by atoms with E-state index in [9.17, 15) is 4.79 Å². The van der Waals surface area contributed by atoms with E-state index in [1.165, 1.54) is 37.7 Å². The van der Waals surface area contributed by atoms with Crippen molar-refractivity contribution in [3.63, 3.8) is 0 Å². The third-order valence-corrected chi connectivity index (χ3v) is 6.60. The lowest BCUT2D eigenvalue weighted by atomic mass is 9.79. The van der Waals surface area contributed by atoms with E-state index in [0.29, 0.717) is 0 Å². The predicted molar refractivity (Wildman–Crippen MR) is 112 cm³/mol. The van der Waals surface area contributed by atoms with E-state index in [-0.39, 0.29) is 17.2 Å². The molecule has 0 saturated heterocycles. The van der Waals surface area contributed by atoms with Crippen molar-refractivity contribution in [3.8, 4) is 0 Å². The largest absolute Gasteiger partial charge is 0.302 e. The summed E-state index contributed by atoms with van der Waals surface area (Å²) in [4.78, 5) is 17.3. The summed E-state index contributed by atoms with van der Waals surface area (Å²) in [6.07, 6.45) is 8.38. The van der Waals surface area contributed by atoms with Gasteiger partial charge in [0.05, 0.1) is 10.2 Å². The summed E-state index contributed by atoms with van der Waals surface area (Å²) in [5.41, 5.74) is 2.40. The van der Waals surface area contributed by atoms with Gasteiger partial charge in [-0.2, -0.15) is 0 Å². The molecule has 1 amide bonds. The molecule has 1 N–H and O–H groups in total. The van der Waals surface area contributed by atoms with Gasteiger partial charge in [-0.15, -0.1) is 0 Å². The Kier molecular flexibility index (Phi) is 6.01. The fraction of sp³-hybridized carbons (Fsp3) is 0.636. The van der Waals surface area contributed by atoms with Gasteiger partial charge in [0.2, 0.25) is 5.91 Å². The predicted octanol–water partition coefficient (Wildman–Crippen LogP) is 6.53. The molecule has 142 valence electrons. The number of thiazole rings is 1. The fourth-order valence-electron chi connectivity index (χ4n) is 3.86. The average Bonchev–Trinajstić information content (AvgIpc) is 3.01. The first-order valence-corrected chi connectivity index (χ1v) is 10.9. The first kappa shape index (κ1) is 19.3. The summed E-state index contributed by atoms with van der Waals surface area (Å²) in [7, 11) is 0. The van der Waals surface area contributed by atoms with E-state index in [2.05, 4.69) is 56.2 Å². The van der Waals surface area contributed by atoms with Crippen molar-refractivity contribution in [2.24, 2.45) is 11.8 Å². The van der Waals surface area contributed by atoms with Crippen LogP contribution in [0.15, 0.2) is 18.2 Å². The molecule has 0 aliphatic heterocycles. The maximum atomic E-state index is 12.6. The number of benzene rings is 1. The van der Waals surface area contributed by atoms with E-state index in [0.717, 1.165) is 34.1 Å². The topological polar surface area (TPSA) is 42.0 Å². The molecule has 1 heterocycles. The summed E-state index contributed by atoms with van der Waals surface area (Å²) < 4.78 is 1.15. The molecule has 1 aromatic carbocycles. The zero-order chi connectivity index (χ0) is 18.7. The van der Waals surface area contributed by atoms with Crippen molar-refractivity contribution in [2.75, 3.05) is 5.32 Å². The zero-order valence-electron chi connectivity index (χ0n) is 16.6. The second-order valence-corrected chi connectivity index (χ2v) is 9.83. The number of amides is 1. The van der Waals surface area contributed by atoms with Gasteiger partial charge in [-0.1, -0.05) is 64.4 Å². The van der Waals surface area contributed by atoms with Crippen LogP contribution in [0.25, 0.3) is 10.2 Å². The number of rotatable bonds is 5. The Labute approximate surface area is 161 Å². The van der Waals surface area contributed by atoms with Crippen molar-refractivity contribution in [1.82, 2.24) is 4.98 Å². The van der Waals surface area contributed by atoms with E-state index in [4.69, 9.17) is 0 Å². The monoisotopic (exact) mass is 372 g/mol. The molecule has 2 aromatic rings. The van der Waals surface area contributed by atoms with Crippen LogP contribution in [0.1, 0.15) is 78.2 Å². The number of hydrogen-bond donors (Lipinski definition) is 1. The lowest BCUT2D eigenvalue weighted by Gasteiger charge is -2.27. The van der Waals surface area contributed by atoms with Crippen molar-refractivity contribution in [3.05, 3.63) is 23.8 Å². The van der Waals surface area contributed by atoms with Crippen LogP contribution in [-0.2, 0) is 10.2 Å². The highest BCUT2D eigenvalue weighted by Crippen LogP contribution is 2.34. The zero-order valence-corrected chi connectivity index (χ0v) is 17.4. The summed E-state index contributed by atoms with van der Waals surface area (Å²) in [5, 5.41) is 3.83. The number of carbonyl (C=O) groups is 1. The minimum atomic E-state index is 0.123. The third-order valence-electron chi connectivity index (χ3n) is 5.67. The number of hydrogen-bond acceptors (Lipinski definition) is 3. The molecule has 26 heavy (non-hydrogen) atoms. The van der Waals surface area contributed by atoms with E-state index >= 15 is 0 Å². The van der Waals surface area contributed by atoms with Gasteiger partial charge in [-0.05, 0) is 54.7 Å². The van der Waals surface area contributed by atoms with E-state index in [1.807, 2.05) is 0 Å². The third kappa shape index (κ3) is 4.64. The quantitative estimate of drug-likeness (QED) is 0.648. The second kappa shape index (κ2) is 8.08. The van der Waals surface area contributed by atoms with Crippen LogP contribution in [0.3, 0.4) is 0 Å². The molecule has 0 spiro atoms. The number of carbonyl (C=O) groups excluding carboxylic acids is 1. The van der Waals surface area contributed by atoms with Gasteiger partial charge in [0.15, 0.2) is 5.13 Å². The van der Waals surface area contributed by atoms with Crippen molar-refractivity contribution >= 4 is 32.6 Å². The normalized spacial score (nSPS) is 21.1. The Bertz CT molecular complexity index is 751. The number of nitrogens with one attached hydrogen (secondary N) is 1. The molecule has 0 atom stereocenters. The van der Waals surface area contributed by atoms with Crippen LogP contribution >= 0.6 is 11.3 Å². The summed E-state index contributed by atoms with van der Waals surface area (Å²) in [5.74, 6) is 1.15. The van der Waals surface area contributed by atoms with Gasteiger partial charge in [0, 0.05) is 5.92 Å². The lowest BCUT2D eigenvalue weighted by molar-refractivity contribution is -0.121. The highest BCUT2D eigenvalue weighted by atomic mass is 32.1. The molecule has 1 aliphatic rings. The minimum absolute atomic E-state index is 0.123. The number of unbranched alkanes of at least 4 members (excludes halogenated alkanes) is 1. The summed E-state index contributed by atoms with van der Waals surface area (Å²) >= 11 is 1.59. The van der Waals surface area contributed by atoms with Gasteiger partial charge < -0.3 is 5.32 Å². The Morgan fingerprint density at radius 1 is 1.23 bits per heavy atom. The molecule has 1 aliphatic carbocycles. The Morgan fingerprint density at radius 3 is 2.62 bits per heavy atom. The molecular formula is C22H32N2OS. The number of nitrogens with zero attached hydrogens (tertiary/aromatic N) is 1. The summed E-state index contributed by atoms with van der Waals surface area (Å²) in [6.45, 7) is 8.90. The highest BCUT2D eigenvalue weighted by Gasteiger charge is 2.26. The van der Waals surface area contributed by atoms with Gasteiger partial charge in [-0.25, -0.2) is 4.98 Å². The van der Waals surface area contributed by atoms with Crippen LogP contribution < -0.4 is 5.32 Å². The molecule has 0 unspecified atom stereocenters. The molecule has 0 bridgehead atoms. The van der Waals surface area contributed by atoms with Gasteiger partial charge in [-0.3, -0.25) is 4.79 Å². The minimum Gasteiger partial charge on any atom is -0.302 e. The molecule has 3 rings (SSSR count). The van der Waals surface area contributed by atoms with Crippen molar-refractivity contribution in [1.29, 1.82) is 0 Å². The Balaban J connectivity index is 1.61. The number of aromatic nitrogens is 1. The lowest BCUT2D eigenvalue weighted by Crippen LogP contribution is -2.27. The van der Waals surface area contributed by atoms with Crippen LogP contribution in [0.4, 0.5) is 5.13 Å². The number of fused-ring (bicyclic) bond motifs is 1. The van der Waals surface area contributed by atoms with Crippen molar-refractivity contribution < 1.29 is 4.79 Å². The maximum Gasteiger partial charge on any atom is 0.229 e. The molecule has 3 nitrogen and oxygen atoms in total. The molecule has 4 heteroatoms. The maximum absolute atomic E-state index is 12.6. The Hall–Kier alpha value is -1.42. The summed E-state index contributed by atoms with van der Waals surface area (Å²) in [6, 6.07) is 6.42.